The van der Waals surface area contributed by atoms with E-state index in [9.17, 15) is 24.3 Å². The SMILES string of the molecule is CCCC(=O)O[C@]1(C(=O)COC(C)=O)CCC2[C@@H]3C[C@H](F)C4=CC(=O)C=C[C@]4(C)[C@@]3(F)[C@@H](O)C[C@@]21C. The number of esters is 2. The number of ether oxygens (including phenoxy) is 2. The normalized spacial score (nSPS) is 43.1. The molecule has 0 saturated heterocycles. The van der Waals surface area contributed by atoms with Crippen LogP contribution in [0.15, 0.2) is 23.8 Å². The molecule has 198 valence electrons. The third kappa shape index (κ3) is 3.52. The minimum Gasteiger partial charge on any atom is -0.458 e. The average Bonchev–Trinajstić information content (AvgIpc) is 3.08. The Kier molecular flexibility index (Phi) is 6.55. The zero-order valence-electron chi connectivity index (χ0n) is 21.1. The lowest BCUT2D eigenvalue weighted by atomic mass is 9.44. The molecule has 1 N–H and O–H groups in total. The molecule has 0 aromatic carbocycles. The maximum Gasteiger partial charge on any atom is 0.306 e. The van der Waals surface area contributed by atoms with Crippen LogP contribution in [0.3, 0.4) is 0 Å². The van der Waals surface area contributed by atoms with Crippen molar-refractivity contribution in [3.05, 3.63) is 23.8 Å². The fraction of sp³-hybridized carbons (Fsp3) is 0.704. The van der Waals surface area contributed by atoms with Gasteiger partial charge in [-0.3, -0.25) is 19.2 Å². The first kappa shape index (κ1) is 26.6. The van der Waals surface area contributed by atoms with Crippen molar-refractivity contribution >= 4 is 23.5 Å². The van der Waals surface area contributed by atoms with Crippen LogP contribution in [0, 0.1) is 22.7 Å². The van der Waals surface area contributed by atoms with E-state index in [1.165, 1.54) is 19.1 Å². The second-order valence-electron chi connectivity index (χ2n) is 11.2. The molecule has 1 unspecified atom stereocenters. The average molecular weight is 509 g/mol. The molecule has 7 nitrogen and oxygen atoms in total. The predicted molar refractivity (Wildman–Crippen MR) is 124 cm³/mol. The highest BCUT2D eigenvalue weighted by molar-refractivity contribution is 6.01. The number of hydrogen-bond acceptors (Lipinski definition) is 7. The molecule has 8 atom stereocenters. The van der Waals surface area contributed by atoms with Gasteiger partial charge in [0.05, 0.1) is 6.10 Å². The Bertz CT molecular complexity index is 1050. The van der Waals surface area contributed by atoms with E-state index in [1.807, 2.05) is 0 Å². The monoisotopic (exact) mass is 508 g/mol. The summed E-state index contributed by atoms with van der Waals surface area (Å²) in [5, 5.41) is 11.4. The smallest absolute Gasteiger partial charge is 0.306 e. The summed E-state index contributed by atoms with van der Waals surface area (Å²) in [6.07, 6.45) is 0.783. The molecule has 4 aliphatic carbocycles. The Morgan fingerprint density at radius 1 is 1.22 bits per heavy atom. The van der Waals surface area contributed by atoms with E-state index in [4.69, 9.17) is 9.47 Å². The van der Waals surface area contributed by atoms with Crippen molar-refractivity contribution in [3.8, 4) is 0 Å². The molecule has 0 spiro atoms. The summed E-state index contributed by atoms with van der Waals surface area (Å²) < 4.78 is 43.6. The zero-order chi connectivity index (χ0) is 26.7. The molecule has 0 heterocycles. The van der Waals surface area contributed by atoms with Crippen LogP contribution >= 0.6 is 0 Å². The Labute approximate surface area is 209 Å². The lowest BCUT2D eigenvalue weighted by molar-refractivity contribution is -0.229. The van der Waals surface area contributed by atoms with Crippen LogP contribution in [0.1, 0.15) is 66.2 Å². The number of ketones is 2. The quantitative estimate of drug-likeness (QED) is 0.547. The first-order valence-electron chi connectivity index (χ1n) is 12.6. The fourth-order valence-corrected chi connectivity index (χ4v) is 7.61. The maximum atomic E-state index is 17.2. The number of hydrogen-bond donors (Lipinski definition) is 1. The summed E-state index contributed by atoms with van der Waals surface area (Å²) in [5.41, 5.74) is -6.80. The molecule has 36 heavy (non-hydrogen) atoms. The number of allylic oxidation sites excluding steroid dienone is 4. The first-order chi connectivity index (χ1) is 16.8. The lowest BCUT2D eigenvalue weighted by Crippen LogP contribution is -2.70. The molecule has 0 aliphatic heterocycles. The fourth-order valence-electron chi connectivity index (χ4n) is 7.61. The Balaban J connectivity index is 1.80. The Morgan fingerprint density at radius 2 is 1.92 bits per heavy atom. The number of rotatable bonds is 6. The van der Waals surface area contributed by atoms with Gasteiger partial charge in [0.2, 0.25) is 5.78 Å². The standard InChI is InChI=1S/C27H34F2O7/c1-5-6-23(34)36-26(22(33)14-35-15(2)30)10-8-17-18-12-20(28)19-11-16(31)7-9-24(19,3)27(18,29)21(32)13-25(17,26)4/h7,9,11,17-18,20-21,32H,5-6,8,10,12-14H2,1-4H3/t17?,18-,20-,21-,24-,25-,26-,27-/m0/s1. The van der Waals surface area contributed by atoms with Crippen molar-refractivity contribution < 1.29 is 42.5 Å². The van der Waals surface area contributed by atoms with Crippen LogP contribution in [0.2, 0.25) is 0 Å². The van der Waals surface area contributed by atoms with Crippen molar-refractivity contribution in [3.63, 3.8) is 0 Å². The van der Waals surface area contributed by atoms with Gasteiger partial charge in [-0.05, 0) is 62.7 Å². The van der Waals surface area contributed by atoms with Crippen LogP contribution in [0.25, 0.3) is 0 Å². The third-order valence-electron chi connectivity index (χ3n) is 9.35. The predicted octanol–water partition coefficient (Wildman–Crippen LogP) is 3.52. The number of aliphatic hydroxyl groups is 1. The molecule has 3 saturated carbocycles. The lowest BCUT2D eigenvalue weighted by Gasteiger charge is -2.63. The Morgan fingerprint density at radius 3 is 2.56 bits per heavy atom. The molecule has 0 aromatic rings. The minimum absolute atomic E-state index is 0.0148. The first-order valence-corrected chi connectivity index (χ1v) is 12.6. The van der Waals surface area contributed by atoms with Crippen LogP contribution in [-0.2, 0) is 28.7 Å². The van der Waals surface area contributed by atoms with Gasteiger partial charge in [-0.15, -0.1) is 0 Å². The second kappa shape index (κ2) is 8.85. The van der Waals surface area contributed by atoms with Gasteiger partial charge in [-0.1, -0.05) is 19.9 Å². The summed E-state index contributed by atoms with van der Waals surface area (Å²) in [5.74, 6) is -3.96. The number of alkyl halides is 2. The summed E-state index contributed by atoms with van der Waals surface area (Å²) in [4.78, 5) is 49.6. The van der Waals surface area contributed by atoms with Gasteiger partial charge in [-0.2, -0.15) is 0 Å². The van der Waals surface area contributed by atoms with Crippen molar-refractivity contribution in [1.82, 2.24) is 0 Å². The van der Waals surface area contributed by atoms with Crippen LogP contribution in [-0.4, -0.2) is 58.8 Å². The highest BCUT2D eigenvalue weighted by atomic mass is 19.1. The van der Waals surface area contributed by atoms with E-state index in [-0.39, 0.29) is 37.7 Å². The van der Waals surface area contributed by atoms with Crippen LogP contribution < -0.4 is 0 Å². The molecule has 0 aromatic heterocycles. The van der Waals surface area contributed by atoms with Gasteiger partial charge >= 0.3 is 11.9 Å². The van der Waals surface area contributed by atoms with Crippen molar-refractivity contribution in [1.29, 1.82) is 0 Å². The van der Waals surface area contributed by atoms with Gasteiger partial charge in [0.15, 0.2) is 23.7 Å². The molecular weight excluding hydrogens is 474 g/mol. The number of carbonyl (C=O) groups excluding carboxylic acids is 4. The van der Waals surface area contributed by atoms with E-state index >= 15 is 8.78 Å². The van der Waals surface area contributed by atoms with Crippen molar-refractivity contribution in [2.75, 3.05) is 6.61 Å². The molecule has 4 rings (SSSR count). The highest BCUT2D eigenvalue weighted by Crippen LogP contribution is 2.70. The molecule has 0 radical (unpaired) electrons. The van der Waals surface area contributed by atoms with Gasteiger partial charge < -0.3 is 14.6 Å². The van der Waals surface area contributed by atoms with Crippen molar-refractivity contribution in [2.45, 2.75) is 89.8 Å². The minimum atomic E-state index is -2.30. The Hall–Kier alpha value is -2.42. The maximum absolute atomic E-state index is 17.2. The number of Topliss-reactive ketones (excluding diaryl/α,β-unsaturated/α-hetero) is 1. The molecule has 0 bridgehead atoms. The van der Waals surface area contributed by atoms with E-state index in [1.54, 1.807) is 13.8 Å². The van der Waals surface area contributed by atoms with E-state index in [0.29, 0.717) is 6.42 Å². The number of halogens is 2. The number of aliphatic hydroxyl groups excluding tert-OH is 1. The van der Waals surface area contributed by atoms with Gasteiger partial charge in [-0.25, -0.2) is 8.78 Å². The summed E-state index contributed by atoms with van der Waals surface area (Å²) in [7, 11) is 0. The molecule has 0 amide bonds. The van der Waals surface area contributed by atoms with Gasteiger partial charge in [0.25, 0.3) is 0 Å². The topological polar surface area (TPSA) is 107 Å². The number of fused-ring (bicyclic) bond motifs is 5. The highest BCUT2D eigenvalue weighted by Gasteiger charge is 2.76. The van der Waals surface area contributed by atoms with Gasteiger partial charge in [0.1, 0.15) is 6.17 Å². The van der Waals surface area contributed by atoms with E-state index in [0.717, 1.165) is 13.0 Å². The summed E-state index contributed by atoms with van der Waals surface area (Å²) in [6.45, 7) is 5.50. The molecular formula is C27H34F2O7. The van der Waals surface area contributed by atoms with E-state index in [2.05, 4.69) is 0 Å². The van der Waals surface area contributed by atoms with Crippen LogP contribution in [0.4, 0.5) is 8.78 Å². The molecule has 9 heteroatoms. The zero-order valence-corrected chi connectivity index (χ0v) is 21.1. The van der Waals surface area contributed by atoms with Gasteiger partial charge in [0, 0.05) is 30.1 Å². The summed E-state index contributed by atoms with van der Waals surface area (Å²) >= 11 is 0. The van der Waals surface area contributed by atoms with E-state index < -0.39 is 76.3 Å². The third-order valence-corrected chi connectivity index (χ3v) is 9.35. The summed E-state index contributed by atoms with van der Waals surface area (Å²) in [6, 6.07) is 0. The second-order valence-corrected chi connectivity index (χ2v) is 11.2. The molecule has 3 fully saturated rings. The number of carbonyl (C=O) groups is 4. The molecule has 4 aliphatic rings. The largest absolute Gasteiger partial charge is 0.458 e. The van der Waals surface area contributed by atoms with Crippen LogP contribution in [0.5, 0.6) is 0 Å². The van der Waals surface area contributed by atoms with Crippen molar-refractivity contribution in [2.24, 2.45) is 22.7 Å².